The van der Waals surface area contributed by atoms with E-state index in [0.29, 0.717) is 11.8 Å². The first-order valence-electron chi connectivity index (χ1n) is 19.0. The molecule has 0 radical (unpaired) electrons. The molecule has 50 heavy (non-hydrogen) atoms. The Bertz CT molecular complexity index is 2130. The highest BCUT2D eigenvalue weighted by atomic mass is 32.1. The summed E-state index contributed by atoms with van der Waals surface area (Å²) in [4.78, 5) is 16.1. The summed E-state index contributed by atoms with van der Waals surface area (Å²) in [7, 11) is 0. The van der Waals surface area contributed by atoms with E-state index in [1.165, 1.54) is 34.4 Å². The zero-order valence-electron chi connectivity index (χ0n) is 30.9. The molecule has 3 aromatic rings. The van der Waals surface area contributed by atoms with Gasteiger partial charge in [-0.3, -0.25) is 4.79 Å². The molecule has 262 valence electrons. The Morgan fingerprint density at radius 1 is 1.10 bits per heavy atom. The monoisotopic (exact) mass is 689 g/mol. The van der Waals surface area contributed by atoms with Crippen molar-refractivity contribution in [3.05, 3.63) is 80.7 Å². The van der Waals surface area contributed by atoms with Crippen LogP contribution in [0.2, 0.25) is 0 Å². The topological polar surface area (TPSA) is 60.7 Å². The Balaban J connectivity index is 1.18. The predicted octanol–water partition coefficient (Wildman–Crippen LogP) is 10.1. The maximum absolute atomic E-state index is 14.9. The third kappa shape index (κ3) is 3.55. The molecular formula is C44H51NO4S. The van der Waals surface area contributed by atoms with Crippen LogP contribution < -0.4 is 0 Å². The standard InChI is InChI=1S/C44H51NO4S/c1-22(2)35-38(47)33-32-24(27-21-40(3,4)49-41(5,6)34(27)37(32)46)20-25-26-19-23-12-13-30-42(7)16-14-28(29-11-10-18-50-29)48-31(42)15-17-43(30,8)44(23,9)39(26)45(35)36(25)33/h10-11,14,18,20-21,23,30-31,34-35,37,46H,1,12-13,15-17,19H2,2-9H3/t23?,30?,31-,34?,35-,37+,42-,43-,44?/m0/s1. The second-order valence-electron chi connectivity index (χ2n) is 18.8. The summed E-state index contributed by atoms with van der Waals surface area (Å²) in [6, 6.07) is 6.22. The summed E-state index contributed by atoms with van der Waals surface area (Å²) in [5, 5.41) is 15.6. The van der Waals surface area contributed by atoms with E-state index in [1.807, 2.05) is 6.92 Å². The fourth-order valence-electron chi connectivity index (χ4n) is 13.5. The van der Waals surface area contributed by atoms with E-state index in [0.717, 1.165) is 64.8 Å². The number of ketones is 1. The number of rotatable bonds is 2. The number of thiophene rings is 1. The predicted molar refractivity (Wildman–Crippen MR) is 200 cm³/mol. The van der Waals surface area contributed by atoms with Gasteiger partial charge < -0.3 is 19.1 Å². The van der Waals surface area contributed by atoms with Gasteiger partial charge in [0.15, 0.2) is 5.78 Å². The molecule has 0 bridgehead atoms. The fraction of sp³-hybridized carbons (Fsp3) is 0.568. The number of fused-ring (bicyclic) bond motifs is 13. The Hall–Kier alpha value is -2.93. The van der Waals surface area contributed by atoms with Crippen molar-refractivity contribution in [1.82, 2.24) is 4.57 Å². The molecule has 4 unspecified atom stereocenters. The largest absolute Gasteiger partial charge is 0.489 e. The first-order valence-corrected chi connectivity index (χ1v) is 19.9. The molecule has 2 aromatic heterocycles. The van der Waals surface area contributed by atoms with Gasteiger partial charge in [-0.1, -0.05) is 39.0 Å². The molecule has 0 spiro atoms. The van der Waals surface area contributed by atoms with Gasteiger partial charge in [0.25, 0.3) is 0 Å². The summed E-state index contributed by atoms with van der Waals surface area (Å²) in [6.45, 7) is 22.5. The van der Waals surface area contributed by atoms with Crippen molar-refractivity contribution >= 4 is 39.4 Å². The maximum atomic E-state index is 14.9. The van der Waals surface area contributed by atoms with E-state index in [1.54, 1.807) is 11.3 Å². The summed E-state index contributed by atoms with van der Waals surface area (Å²) >= 11 is 1.77. The number of aliphatic hydroxyl groups excluding tert-OH is 1. The van der Waals surface area contributed by atoms with Gasteiger partial charge in [-0.05, 0) is 137 Å². The number of carbonyl (C=O) groups is 1. The van der Waals surface area contributed by atoms with Crippen LogP contribution in [0.3, 0.4) is 0 Å². The van der Waals surface area contributed by atoms with Crippen molar-refractivity contribution in [2.24, 2.45) is 28.6 Å². The van der Waals surface area contributed by atoms with Crippen LogP contribution in [0.4, 0.5) is 0 Å². The molecule has 9 atom stereocenters. The number of carbonyl (C=O) groups excluding carboxylic acids is 1. The Morgan fingerprint density at radius 3 is 2.60 bits per heavy atom. The van der Waals surface area contributed by atoms with Crippen molar-refractivity contribution in [3.63, 3.8) is 0 Å². The van der Waals surface area contributed by atoms with E-state index in [9.17, 15) is 9.90 Å². The van der Waals surface area contributed by atoms with Crippen molar-refractivity contribution in [2.75, 3.05) is 0 Å². The minimum Gasteiger partial charge on any atom is -0.489 e. The lowest BCUT2D eigenvalue weighted by molar-refractivity contribution is -0.166. The number of nitrogens with zero attached hydrogens (tertiary/aromatic N) is 1. The smallest absolute Gasteiger partial charge is 0.192 e. The molecule has 1 N–H and O–H groups in total. The molecule has 3 aliphatic heterocycles. The van der Waals surface area contributed by atoms with Gasteiger partial charge in [0.2, 0.25) is 0 Å². The van der Waals surface area contributed by atoms with Gasteiger partial charge in [-0.15, -0.1) is 11.3 Å². The number of aromatic nitrogens is 1. The number of allylic oxidation sites excluding steroid dienone is 2. The SMILES string of the molecule is C=C(C)[C@H]1C(=O)c2c3c(cc4c5c(n1c24)C1(C)C(CCC2[C@]4(C)CC=C(c6cccs6)O[C@H]4CC[C@@]21C)C5)C1=CC(C)(C)OC(C)(C)C1[C@@H]3O. The highest BCUT2D eigenvalue weighted by Gasteiger charge is 2.69. The second-order valence-corrected chi connectivity index (χ2v) is 19.7. The summed E-state index contributed by atoms with van der Waals surface area (Å²) in [5.41, 5.74) is 7.37. The highest BCUT2D eigenvalue weighted by molar-refractivity contribution is 7.11. The quantitative estimate of drug-likeness (QED) is 0.272. The van der Waals surface area contributed by atoms with Crippen LogP contribution in [0.5, 0.6) is 0 Å². The van der Waals surface area contributed by atoms with Crippen LogP contribution in [0.1, 0.15) is 137 Å². The molecule has 5 nitrogen and oxygen atoms in total. The molecule has 7 aliphatic rings. The number of aliphatic hydroxyl groups is 1. The summed E-state index contributed by atoms with van der Waals surface area (Å²) in [6.07, 6.45) is 10.6. The number of ether oxygens (including phenoxy) is 2. The lowest BCUT2D eigenvalue weighted by Gasteiger charge is -2.66. The van der Waals surface area contributed by atoms with Gasteiger partial charge >= 0.3 is 0 Å². The molecule has 6 heteroatoms. The molecule has 0 saturated heterocycles. The van der Waals surface area contributed by atoms with Gasteiger partial charge in [-0.25, -0.2) is 0 Å². The van der Waals surface area contributed by atoms with Crippen molar-refractivity contribution in [1.29, 1.82) is 0 Å². The molecule has 10 rings (SSSR count). The van der Waals surface area contributed by atoms with E-state index in [2.05, 4.69) is 95.3 Å². The van der Waals surface area contributed by atoms with Crippen LogP contribution in [0.25, 0.3) is 22.2 Å². The van der Waals surface area contributed by atoms with Crippen LogP contribution >= 0.6 is 11.3 Å². The van der Waals surface area contributed by atoms with Gasteiger partial charge in [0.05, 0.1) is 33.3 Å². The Morgan fingerprint density at radius 2 is 1.88 bits per heavy atom. The summed E-state index contributed by atoms with van der Waals surface area (Å²) < 4.78 is 15.9. The van der Waals surface area contributed by atoms with Crippen molar-refractivity contribution < 1.29 is 19.4 Å². The van der Waals surface area contributed by atoms with E-state index >= 15 is 0 Å². The average molecular weight is 690 g/mol. The first-order chi connectivity index (χ1) is 23.5. The second kappa shape index (κ2) is 9.53. The van der Waals surface area contributed by atoms with E-state index < -0.39 is 23.3 Å². The normalized spacial score (nSPS) is 39.8. The average Bonchev–Trinajstić information content (AvgIpc) is 3.83. The molecule has 0 amide bonds. The number of hydrogen-bond acceptors (Lipinski definition) is 5. The zero-order chi connectivity index (χ0) is 35.1. The van der Waals surface area contributed by atoms with Gasteiger partial charge in [0, 0.05) is 33.4 Å². The molecule has 2 fully saturated rings. The van der Waals surface area contributed by atoms with Gasteiger partial charge in [-0.2, -0.15) is 0 Å². The van der Waals surface area contributed by atoms with Gasteiger partial charge in [0.1, 0.15) is 17.9 Å². The first kappa shape index (κ1) is 31.8. The third-order valence-electron chi connectivity index (χ3n) is 15.4. The molecule has 5 heterocycles. The molecule has 4 aliphatic carbocycles. The minimum absolute atomic E-state index is 0.0357. The Labute approximate surface area is 300 Å². The van der Waals surface area contributed by atoms with E-state index in [-0.39, 0.29) is 34.1 Å². The van der Waals surface area contributed by atoms with Crippen LogP contribution in [0, 0.1) is 28.6 Å². The van der Waals surface area contributed by atoms with Crippen LogP contribution in [0.15, 0.2) is 47.9 Å². The number of Topliss-reactive ketones (excluding diaryl/α,β-unsaturated/α-hetero) is 1. The lowest BCUT2D eigenvalue weighted by atomic mass is 9.40. The lowest BCUT2D eigenvalue weighted by Crippen LogP contribution is -2.63. The zero-order valence-corrected chi connectivity index (χ0v) is 31.7. The molecule has 2 saturated carbocycles. The van der Waals surface area contributed by atoms with E-state index in [4.69, 9.17) is 9.47 Å². The maximum Gasteiger partial charge on any atom is 0.192 e. The highest BCUT2D eigenvalue weighted by Crippen LogP contribution is 2.72. The van der Waals surface area contributed by atoms with Crippen LogP contribution in [-0.2, 0) is 21.3 Å². The molecular weight excluding hydrogens is 639 g/mol. The van der Waals surface area contributed by atoms with Crippen molar-refractivity contribution in [2.45, 2.75) is 129 Å². The minimum atomic E-state index is -0.804. The fourth-order valence-corrected chi connectivity index (χ4v) is 14.2. The van der Waals surface area contributed by atoms with Crippen LogP contribution in [-0.4, -0.2) is 32.8 Å². The summed E-state index contributed by atoms with van der Waals surface area (Å²) in [5.74, 6) is 1.95. The molecule has 1 aromatic carbocycles. The Kier molecular flexibility index (Phi) is 6.06. The van der Waals surface area contributed by atoms with Crippen molar-refractivity contribution in [3.8, 4) is 0 Å². The number of benzene rings is 1. The third-order valence-corrected chi connectivity index (χ3v) is 16.3. The number of hydrogen-bond donors (Lipinski definition) is 1.